The van der Waals surface area contributed by atoms with Crippen molar-refractivity contribution in [3.8, 4) is 16.9 Å². The molecule has 0 saturated carbocycles. The van der Waals surface area contributed by atoms with Crippen LogP contribution in [0.25, 0.3) is 11.1 Å². The van der Waals surface area contributed by atoms with Crippen molar-refractivity contribution in [1.29, 1.82) is 0 Å². The minimum absolute atomic E-state index is 0.0765. The molecule has 172 valence electrons. The summed E-state index contributed by atoms with van der Waals surface area (Å²) in [5.74, 6) is 0.390. The number of alkyl halides is 3. The number of nitrogens with zero attached hydrogens (tertiary/aromatic N) is 2. The van der Waals surface area contributed by atoms with Crippen LogP contribution in [-0.2, 0) is 12.7 Å². The van der Waals surface area contributed by atoms with Gasteiger partial charge in [0.15, 0.2) is 0 Å². The van der Waals surface area contributed by atoms with E-state index in [9.17, 15) is 18.0 Å². The molecule has 33 heavy (non-hydrogen) atoms. The van der Waals surface area contributed by atoms with Crippen molar-refractivity contribution in [2.75, 3.05) is 20.1 Å². The summed E-state index contributed by atoms with van der Waals surface area (Å²) in [7, 11) is 1.75. The number of hydrogen-bond acceptors (Lipinski definition) is 3. The fourth-order valence-corrected chi connectivity index (χ4v) is 4.00. The quantitative estimate of drug-likeness (QED) is 0.469. The van der Waals surface area contributed by atoms with Gasteiger partial charge in [0, 0.05) is 32.7 Å². The van der Waals surface area contributed by atoms with E-state index in [0.717, 1.165) is 43.8 Å². The Kier molecular flexibility index (Phi) is 6.70. The third-order valence-corrected chi connectivity index (χ3v) is 5.94. The number of likely N-dealkylation sites (tertiary alicyclic amines) is 1. The fraction of sp³-hybridized carbons (Fsp3) is 0.269. The molecule has 1 saturated heterocycles. The molecule has 1 atom stereocenters. The second-order valence-corrected chi connectivity index (χ2v) is 8.24. The molecule has 0 radical (unpaired) electrons. The van der Waals surface area contributed by atoms with Crippen LogP contribution in [0.1, 0.15) is 17.5 Å². The van der Waals surface area contributed by atoms with Crippen molar-refractivity contribution >= 4 is 6.09 Å². The van der Waals surface area contributed by atoms with E-state index >= 15 is 0 Å². The lowest BCUT2D eigenvalue weighted by atomic mass is 10.0. The van der Waals surface area contributed by atoms with Crippen LogP contribution in [0.3, 0.4) is 0 Å². The van der Waals surface area contributed by atoms with E-state index in [2.05, 4.69) is 17.0 Å². The highest BCUT2D eigenvalue weighted by atomic mass is 19.4. The smallest absolute Gasteiger partial charge is 0.410 e. The molecule has 1 aliphatic heterocycles. The van der Waals surface area contributed by atoms with Crippen LogP contribution in [0.2, 0.25) is 0 Å². The molecular weight excluding hydrogens is 429 g/mol. The predicted octanol–water partition coefficient (Wildman–Crippen LogP) is 6.08. The largest absolute Gasteiger partial charge is 0.416 e. The van der Waals surface area contributed by atoms with Crippen molar-refractivity contribution < 1.29 is 22.7 Å². The molecule has 7 heteroatoms. The summed E-state index contributed by atoms with van der Waals surface area (Å²) >= 11 is 0. The van der Waals surface area contributed by atoms with Gasteiger partial charge >= 0.3 is 12.3 Å². The Balaban J connectivity index is 1.32. The molecule has 0 aromatic heterocycles. The molecule has 4 nitrogen and oxygen atoms in total. The molecule has 4 rings (SSSR count). The standard InChI is InChI=1S/C26H25F3N2O2/c1-30(23-15-16-31(18-23)17-19-5-3-2-4-6-19)25(32)33-24-13-9-21(10-14-24)20-7-11-22(12-8-20)26(27,28)29/h2-14,23H,15-18H2,1H3. The third kappa shape index (κ3) is 5.73. The highest BCUT2D eigenvalue weighted by Gasteiger charge is 2.30. The second-order valence-electron chi connectivity index (χ2n) is 8.24. The van der Waals surface area contributed by atoms with Crippen LogP contribution < -0.4 is 4.74 Å². The molecule has 0 bridgehead atoms. The lowest BCUT2D eigenvalue weighted by Gasteiger charge is -2.24. The van der Waals surface area contributed by atoms with Gasteiger partial charge in [0.25, 0.3) is 0 Å². The number of ether oxygens (including phenoxy) is 1. The van der Waals surface area contributed by atoms with Crippen molar-refractivity contribution in [2.24, 2.45) is 0 Å². The number of amides is 1. The summed E-state index contributed by atoms with van der Waals surface area (Å²) in [6.45, 7) is 2.55. The zero-order valence-corrected chi connectivity index (χ0v) is 18.3. The Morgan fingerprint density at radius 2 is 1.58 bits per heavy atom. The molecule has 1 unspecified atom stereocenters. The second kappa shape index (κ2) is 9.67. The summed E-state index contributed by atoms with van der Waals surface area (Å²) in [6.07, 6.45) is -3.91. The van der Waals surface area contributed by atoms with Gasteiger partial charge in [0.05, 0.1) is 5.56 Å². The van der Waals surface area contributed by atoms with Gasteiger partial charge in [-0.1, -0.05) is 54.6 Å². The maximum Gasteiger partial charge on any atom is 0.416 e. The molecule has 1 fully saturated rings. The van der Waals surface area contributed by atoms with Crippen LogP contribution in [0.4, 0.5) is 18.0 Å². The average molecular weight is 454 g/mol. The molecule has 1 heterocycles. The fourth-order valence-electron chi connectivity index (χ4n) is 4.00. The number of hydrogen-bond donors (Lipinski definition) is 0. The first-order valence-electron chi connectivity index (χ1n) is 10.8. The van der Waals surface area contributed by atoms with Crippen LogP contribution >= 0.6 is 0 Å². The Morgan fingerprint density at radius 3 is 2.18 bits per heavy atom. The summed E-state index contributed by atoms with van der Waals surface area (Å²) in [4.78, 5) is 16.6. The van der Waals surface area contributed by atoms with Gasteiger partial charge in [0.1, 0.15) is 5.75 Å². The lowest BCUT2D eigenvalue weighted by Crippen LogP contribution is -2.40. The minimum Gasteiger partial charge on any atom is -0.410 e. The summed E-state index contributed by atoms with van der Waals surface area (Å²) in [5, 5.41) is 0. The van der Waals surface area contributed by atoms with Gasteiger partial charge in [-0.15, -0.1) is 0 Å². The summed E-state index contributed by atoms with van der Waals surface area (Å²) < 4.78 is 43.7. The third-order valence-electron chi connectivity index (χ3n) is 5.94. The Labute approximate surface area is 191 Å². The molecule has 0 aliphatic carbocycles. The first-order valence-corrected chi connectivity index (χ1v) is 10.8. The van der Waals surface area contributed by atoms with E-state index in [0.29, 0.717) is 11.3 Å². The van der Waals surface area contributed by atoms with E-state index in [1.165, 1.54) is 17.7 Å². The number of likely N-dealkylation sites (N-methyl/N-ethyl adjacent to an activating group) is 1. The topological polar surface area (TPSA) is 32.8 Å². The lowest BCUT2D eigenvalue weighted by molar-refractivity contribution is -0.137. The van der Waals surface area contributed by atoms with E-state index in [4.69, 9.17) is 4.74 Å². The zero-order valence-electron chi connectivity index (χ0n) is 18.3. The van der Waals surface area contributed by atoms with Gasteiger partial charge < -0.3 is 9.64 Å². The SMILES string of the molecule is CN(C(=O)Oc1ccc(-c2ccc(C(F)(F)F)cc2)cc1)C1CCN(Cc2ccccc2)C1. The first kappa shape index (κ1) is 22.9. The van der Waals surface area contributed by atoms with E-state index < -0.39 is 17.8 Å². The highest BCUT2D eigenvalue weighted by Crippen LogP contribution is 2.31. The van der Waals surface area contributed by atoms with Gasteiger partial charge in [0.2, 0.25) is 0 Å². The molecular formula is C26H25F3N2O2. The van der Waals surface area contributed by atoms with E-state index in [1.54, 1.807) is 36.2 Å². The number of halogens is 3. The normalized spacial score (nSPS) is 16.5. The van der Waals surface area contributed by atoms with Crippen molar-refractivity contribution in [2.45, 2.75) is 25.2 Å². The predicted molar refractivity (Wildman–Crippen MR) is 121 cm³/mol. The van der Waals surface area contributed by atoms with Crippen molar-refractivity contribution in [3.63, 3.8) is 0 Å². The monoisotopic (exact) mass is 454 g/mol. The summed E-state index contributed by atoms with van der Waals surface area (Å²) in [6, 6.07) is 22.0. The molecule has 3 aromatic rings. The zero-order chi connectivity index (χ0) is 23.4. The molecule has 1 amide bonds. The van der Waals surface area contributed by atoms with E-state index in [1.807, 2.05) is 18.2 Å². The Hall–Kier alpha value is -3.32. The summed E-state index contributed by atoms with van der Waals surface area (Å²) in [5.41, 5.74) is 1.96. The highest BCUT2D eigenvalue weighted by molar-refractivity contribution is 5.71. The van der Waals surface area contributed by atoms with Crippen LogP contribution in [0, 0.1) is 0 Å². The van der Waals surface area contributed by atoms with Crippen LogP contribution in [0.15, 0.2) is 78.9 Å². The van der Waals surface area contributed by atoms with Gasteiger partial charge in [-0.05, 0) is 47.4 Å². The van der Waals surface area contributed by atoms with Crippen LogP contribution in [-0.4, -0.2) is 42.1 Å². The number of carbonyl (C=O) groups is 1. The first-order chi connectivity index (χ1) is 15.8. The molecule has 0 spiro atoms. The number of benzene rings is 3. The average Bonchev–Trinajstić information content (AvgIpc) is 3.27. The van der Waals surface area contributed by atoms with Crippen LogP contribution in [0.5, 0.6) is 5.75 Å². The van der Waals surface area contributed by atoms with Gasteiger partial charge in [-0.2, -0.15) is 13.2 Å². The van der Waals surface area contributed by atoms with E-state index in [-0.39, 0.29) is 6.04 Å². The minimum atomic E-state index is -4.36. The number of carbonyl (C=O) groups excluding carboxylic acids is 1. The number of rotatable bonds is 5. The Morgan fingerprint density at radius 1 is 0.970 bits per heavy atom. The Bertz CT molecular complexity index is 1070. The molecule has 1 aliphatic rings. The maximum absolute atomic E-state index is 12.7. The molecule has 0 N–H and O–H groups in total. The molecule has 3 aromatic carbocycles. The van der Waals surface area contributed by atoms with Crippen molar-refractivity contribution in [3.05, 3.63) is 90.0 Å². The van der Waals surface area contributed by atoms with Crippen molar-refractivity contribution in [1.82, 2.24) is 9.80 Å². The van der Waals surface area contributed by atoms with Gasteiger partial charge in [-0.3, -0.25) is 4.90 Å². The van der Waals surface area contributed by atoms with Gasteiger partial charge in [-0.25, -0.2) is 4.79 Å². The maximum atomic E-state index is 12.7.